The van der Waals surface area contributed by atoms with E-state index in [9.17, 15) is 34.0 Å². The molecule has 0 saturated heterocycles. The third kappa shape index (κ3) is 7.60. The standard InChI is InChI=1S/C25H36N5O12P/c1-8-25(18(33)17(32)19(42-25)30-10-9-15(31)26-22(30)36)12-29-11-16(27-28-29)43(37,40-13-38-20(34)23(2,3)4)41-14-39-21(35)24(5,6)7/h9-11,19,32-33H,8,12-14H2,1-7H3,(H,26,31,36). The lowest BCUT2D eigenvalue weighted by Gasteiger charge is -2.28. The van der Waals surface area contributed by atoms with Gasteiger partial charge in [0.1, 0.15) is 0 Å². The molecule has 3 rings (SSSR count). The van der Waals surface area contributed by atoms with Crippen molar-refractivity contribution in [2.45, 2.75) is 73.3 Å². The Labute approximate surface area is 245 Å². The topological polar surface area (TPSA) is 223 Å². The molecule has 2 aromatic heterocycles. The fraction of sp³-hybridized carbons (Fsp3) is 0.600. The SMILES string of the molecule is CCC1(Cn2cc(P(=O)(OCOC(=O)C(C)(C)C)OCOC(=O)C(C)(C)C)nn2)OC(n2ccc(=O)[nH]c2=O)C(O)=C1O. The molecule has 0 spiro atoms. The van der Waals surface area contributed by atoms with Crippen LogP contribution < -0.4 is 16.7 Å². The second kappa shape index (κ2) is 12.4. The molecular formula is C25H36N5O12P. The lowest BCUT2D eigenvalue weighted by atomic mass is 9.98. The number of carbonyl (C=O) groups excluding carboxylic acids is 2. The number of nitrogens with one attached hydrogen (secondary N) is 1. The molecule has 0 radical (unpaired) electrons. The van der Waals surface area contributed by atoms with E-state index < -0.39 is 78.5 Å². The number of rotatable bonds is 11. The van der Waals surface area contributed by atoms with Crippen molar-refractivity contribution in [2.24, 2.45) is 10.8 Å². The lowest BCUT2D eigenvalue weighted by molar-refractivity contribution is -0.161. The van der Waals surface area contributed by atoms with Gasteiger partial charge in [0, 0.05) is 12.3 Å². The van der Waals surface area contributed by atoms with Crippen molar-refractivity contribution in [3.05, 3.63) is 50.8 Å². The third-order valence-corrected chi connectivity index (χ3v) is 7.85. The van der Waals surface area contributed by atoms with Crippen LogP contribution in [0.25, 0.3) is 0 Å². The molecule has 2 aromatic rings. The fourth-order valence-electron chi connectivity index (χ4n) is 3.60. The monoisotopic (exact) mass is 629 g/mol. The Balaban J connectivity index is 1.85. The average molecular weight is 630 g/mol. The third-order valence-electron chi connectivity index (χ3n) is 6.19. The van der Waals surface area contributed by atoms with Gasteiger partial charge in [-0.25, -0.2) is 9.48 Å². The smallest absolute Gasteiger partial charge is 0.388 e. The summed E-state index contributed by atoms with van der Waals surface area (Å²) in [7, 11) is -4.43. The molecule has 18 heteroatoms. The predicted octanol–water partition coefficient (Wildman–Crippen LogP) is 1.78. The van der Waals surface area contributed by atoms with Gasteiger partial charge in [0.25, 0.3) is 5.56 Å². The first-order valence-electron chi connectivity index (χ1n) is 13.1. The molecule has 0 saturated carbocycles. The zero-order valence-corrected chi connectivity index (χ0v) is 25.7. The van der Waals surface area contributed by atoms with E-state index in [1.807, 2.05) is 4.98 Å². The molecule has 17 nitrogen and oxygen atoms in total. The van der Waals surface area contributed by atoms with Crippen LogP contribution in [0.5, 0.6) is 0 Å². The highest BCUT2D eigenvalue weighted by molar-refractivity contribution is 7.61. The predicted molar refractivity (Wildman–Crippen MR) is 147 cm³/mol. The van der Waals surface area contributed by atoms with Crippen LogP contribution in [-0.2, 0) is 44.0 Å². The van der Waals surface area contributed by atoms with Crippen LogP contribution in [0.15, 0.2) is 39.6 Å². The van der Waals surface area contributed by atoms with Crippen molar-refractivity contribution in [1.82, 2.24) is 24.5 Å². The summed E-state index contributed by atoms with van der Waals surface area (Å²) in [6, 6.07) is 1.04. The van der Waals surface area contributed by atoms with E-state index in [-0.39, 0.29) is 18.4 Å². The summed E-state index contributed by atoms with van der Waals surface area (Å²) < 4.78 is 42.3. The van der Waals surface area contributed by atoms with E-state index in [1.165, 1.54) is 0 Å². The number of aromatic nitrogens is 5. The van der Waals surface area contributed by atoms with E-state index in [0.29, 0.717) is 0 Å². The molecule has 1 aliphatic heterocycles. The Kier molecular flexibility index (Phi) is 9.75. The quantitative estimate of drug-likeness (QED) is 0.183. The first kappa shape index (κ1) is 33.7. The molecule has 2 unspecified atom stereocenters. The molecule has 2 atom stereocenters. The van der Waals surface area contributed by atoms with Gasteiger partial charge in [-0.3, -0.25) is 37.5 Å². The van der Waals surface area contributed by atoms with Crippen LogP contribution in [0.4, 0.5) is 0 Å². The highest BCUT2D eigenvalue weighted by Crippen LogP contribution is 2.47. The van der Waals surface area contributed by atoms with Crippen molar-refractivity contribution in [1.29, 1.82) is 0 Å². The number of ether oxygens (including phenoxy) is 3. The highest BCUT2D eigenvalue weighted by atomic mass is 31.2. The van der Waals surface area contributed by atoms with Gasteiger partial charge in [-0.2, -0.15) is 0 Å². The maximum atomic E-state index is 13.8. The number of carbonyl (C=O) groups is 2. The van der Waals surface area contributed by atoms with Gasteiger partial charge in [0.15, 0.2) is 22.6 Å². The number of H-pyrrole nitrogens is 1. The number of aromatic amines is 1. The number of hydrogen-bond donors (Lipinski definition) is 3. The van der Waals surface area contributed by atoms with Gasteiger partial charge in [-0.15, -0.1) is 5.10 Å². The normalized spacial score (nSPS) is 19.5. The molecule has 43 heavy (non-hydrogen) atoms. The highest BCUT2D eigenvalue weighted by Gasteiger charge is 2.49. The molecule has 0 fully saturated rings. The zero-order chi connectivity index (χ0) is 32.4. The Bertz CT molecular complexity index is 1510. The van der Waals surface area contributed by atoms with Crippen molar-refractivity contribution in [3.8, 4) is 0 Å². The maximum Gasteiger partial charge on any atom is 0.388 e. The molecular weight excluding hydrogens is 593 g/mol. The van der Waals surface area contributed by atoms with Gasteiger partial charge >= 0.3 is 25.2 Å². The first-order valence-corrected chi connectivity index (χ1v) is 14.6. The zero-order valence-electron chi connectivity index (χ0n) is 24.9. The lowest BCUT2D eigenvalue weighted by Crippen LogP contribution is -2.39. The molecule has 0 bridgehead atoms. The van der Waals surface area contributed by atoms with E-state index in [0.717, 1.165) is 27.7 Å². The second-order valence-corrected chi connectivity index (χ2v) is 13.7. The van der Waals surface area contributed by atoms with Crippen LogP contribution in [-0.4, -0.2) is 65.9 Å². The number of esters is 2. The van der Waals surface area contributed by atoms with Crippen LogP contribution in [0.2, 0.25) is 0 Å². The van der Waals surface area contributed by atoms with Gasteiger partial charge in [-0.05, 0) is 48.0 Å². The van der Waals surface area contributed by atoms with Crippen LogP contribution >= 0.6 is 7.60 Å². The minimum atomic E-state index is -4.43. The van der Waals surface area contributed by atoms with Gasteiger partial charge in [0.2, 0.25) is 19.8 Å². The summed E-state index contributed by atoms with van der Waals surface area (Å²) in [5.41, 5.74) is -5.31. The number of hydrogen-bond acceptors (Lipinski definition) is 14. The number of aliphatic hydroxyl groups excluding tert-OH is 2. The number of nitrogens with zero attached hydrogens (tertiary/aromatic N) is 4. The Hall–Kier alpha value is -3.79. The molecule has 1 aliphatic rings. The Morgan fingerprint density at radius 3 is 2.12 bits per heavy atom. The van der Waals surface area contributed by atoms with Gasteiger partial charge in [-0.1, -0.05) is 12.1 Å². The van der Waals surface area contributed by atoms with E-state index in [1.54, 1.807) is 48.5 Å². The first-order chi connectivity index (χ1) is 19.8. The van der Waals surface area contributed by atoms with Crippen molar-refractivity contribution in [3.63, 3.8) is 0 Å². The largest absolute Gasteiger partial charge is 0.506 e. The minimum absolute atomic E-state index is 0.0584. The van der Waals surface area contributed by atoms with E-state index >= 15 is 0 Å². The summed E-state index contributed by atoms with van der Waals surface area (Å²) in [6.45, 7) is 9.39. The summed E-state index contributed by atoms with van der Waals surface area (Å²) >= 11 is 0. The van der Waals surface area contributed by atoms with Crippen LogP contribution in [0.3, 0.4) is 0 Å². The van der Waals surface area contributed by atoms with Crippen LogP contribution in [0.1, 0.15) is 61.1 Å². The molecule has 238 valence electrons. The van der Waals surface area contributed by atoms with E-state index in [2.05, 4.69) is 10.3 Å². The molecule has 3 N–H and O–H groups in total. The van der Waals surface area contributed by atoms with Crippen molar-refractivity contribution < 1.29 is 47.6 Å². The molecule has 3 heterocycles. The summed E-state index contributed by atoms with van der Waals surface area (Å²) in [5, 5.41) is 29.2. The summed E-state index contributed by atoms with van der Waals surface area (Å²) in [4.78, 5) is 50.1. The maximum absolute atomic E-state index is 13.8. The van der Waals surface area contributed by atoms with Crippen LogP contribution in [0, 0.1) is 10.8 Å². The van der Waals surface area contributed by atoms with Gasteiger partial charge < -0.3 is 24.4 Å². The fourth-order valence-corrected chi connectivity index (χ4v) is 4.75. The number of aliphatic hydroxyl groups is 2. The molecule has 0 aliphatic carbocycles. The average Bonchev–Trinajstić information content (AvgIpc) is 3.47. The Morgan fingerprint density at radius 2 is 1.63 bits per heavy atom. The molecule has 0 aromatic carbocycles. The Morgan fingerprint density at radius 1 is 1.07 bits per heavy atom. The van der Waals surface area contributed by atoms with Crippen molar-refractivity contribution >= 4 is 25.0 Å². The summed E-state index contributed by atoms with van der Waals surface area (Å²) in [5.74, 6) is -2.57. The minimum Gasteiger partial charge on any atom is -0.506 e. The second-order valence-electron chi connectivity index (χ2n) is 11.7. The molecule has 0 amide bonds. The van der Waals surface area contributed by atoms with E-state index in [4.69, 9.17) is 23.3 Å². The summed E-state index contributed by atoms with van der Waals surface area (Å²) in [6.07, 6.45) is 0.823. The van der Waals surface area contributed by atoms with Crippen molar-refractivity contribution in [2.75, 3.05) is 13.6 Å². The van der Waals surface area contributed by atoms with Gasteiger partial charge in [0.05, 0.1) is 23.6 Å².